The van der Waals surface area contributed by atoms with Gasteiger partial charge in [-0.1, -0.05) is 43.1 Å². The smallest absolute Gasteiger partial charge is 0.225 e. The second-order valence-corrected chi connectivity index (χ2v) is 5.80. The molecule has 6 heteroatoms. The predicted octanol–water partition coefficient (Wildman–Crippen LogP) is 4.60. The van der Waals surface area contributed by atoms with Crippen LogP contribution < -0.4 is 0 Å². The van der Waals surface area contributed by atoms with E-state index >= 15 is 0 Å². The van der Waals surface area contributed by atoms with Gasteiger partial charge in [-0.3, -0.25) is 0 Å². The van der Waals surface area contributed by atoms with Gasteiger partial charge in [0.25, 0.3) is 0 Å². The lowest BCUT2D eigenvalue weighted by Crippen LogP contribution is -2.08. The van der Waals surface area contributed by atoms with E-state index in [-0.39, 0.29) is 5.92 Å². The van der Waals surface area contributed by atoms with Crippen molar-refractivity contribution in [3.63, 3.8) is 0 Å². The summed E-state index contributed by atoms with van der Waals surface area (Å²) in [5.74, 6) is 1.16. The Hall–Kier alpha value is -0.770. The number of nitrogens with zero attached hydrogens (tertiary/aromatic N) is 3. The predicted molar refractivity (Wildman–Crippen MR) is 79.3 cm³/mol. The van der Waals surface area contributed by atoms with E-state index < -0.39 is 0 Å². The third-order valence-corrected chi connectivity index (χ3v) is 3.74. The minimum Gasteiger partial charge on any atom is -0.301 e. The molecule has 3 nitrogen and oxygen atoms in total. The molecule has 0 fully saturated rings. The molecule has 0 N–H and O–H groups in total. The highest BCUT2D eigenvalue weighted by atomic mass is 35.5. The Morgan fingerprint density at radius 3 is 2.53 bits per heavy atom. The second kappa shape index (κ2) is 6.12. The van der Waals surface area contributed by atoms with E-state index in [9.17, 15) is 0 Å². The molecule has 0 aliphatic rings. The molecule has 19 heavy (non-hydrogen) atoms. The molecule has 2 aromatic rings. The van der Waals surface area contributed by atoms with Crippen molar-refractivity contribution >= 4 is 34.8 Å². The highest BCUT2D eigenvalue weighted by Crippen LogP contribution is 2.23. The van der Waals surface area contributed by atoms with Crippen LogP contribution in [0.2, 0.25) is 15.3 Å². The Kier molecular flexibility index (Phi) is 4.71. The van der Waals surface area contributed by atoms with E-state index in [2.05, 4.69) is 24.0 Å². The van der Waals surface area contributed by atoms with Gasteiger partial charge in [-0.15, -0.1) is 10.2 Å². The Labute approximate surface area is 127 Å². The minimum atomic E-state index is 0.278. The van der Waals surface area contributed by atoms with Gasteiger partial charge in [-0.25, -0.2) is 0 Å². The van der Waals surface area contributed by atoms with Crippen molar-refractivity contribution in [1.82, 2.24) is 14.8 Å². The highest BCUT2D eigenvalue weighted by molar-refractivity contribution is 6.35. The van der Waals surface area contributed by atoms with Crippen LogP contribution >= 0.6 is 34.8 Å². The van der Waals surface area contributed by atoms with Gasteiger partial charge in [0.05, 0.1) is 0 Å². The van der Waals surface area contributed by atoms with E-state index in [0.29, 0.717) is 21.9 Å². The molecule has 1 heterocycles. The van der Waals surface area contributed by atoms with E-state index in [1.54, 1.807) is 6.07 Å². The molecule has 0 bridgehead atoms. The van der Waals surface area contributed by atoms with Gasteiger partial charge in [0.1, 0.15) is 5.82 Å². The molecule has 0 amide bonds. The first-order valence-electron chi connectivity index (χ1n) is 6.01. The molecule has 0 radical (unpaired) electrons. The van der Waals surface area contributed by atoms with E-state index in [1.807, 2.05) is 16.7 Å². The molecular formula is C13H14Cl3N3. The van der Waals surface area contributed by atoms with Gasteiger partial charge < -0.3 is 4.57 Å². The molecule has 2 rings (SSSR count). The van der Waals surface area contributed by atoms with Crippen molar-refractivity contribution in [1.29, 1.82) is 0 Å². The van der Waals surface area contributed by atoms with Crippen molar-refractivity contribution in [3.05, 3.63) is 44.9 Å². The summed E-state index contributed by atoms with van der Waals surface area (Å²) < 4.78 is 1.91. The lowest BCUT2D eigenvalue weighted by molar-refractivity contribution is 0.620. The van der Waals surface area contributed by atoms with Crippen LogP contribution in [0.25, 0.3) is 0 Å². The molecule has 1 aromatic carbocycles. The van der Waals surface area contributed by atoms with Crippen LogP contribution in [0.4, 0.5) is 0 Å². The molecule has 0 aliphatic carbocycles. The van der Waals surface area contributed by atoms with Crippen LogP contribution in [0, 0.1) is 0 Å². The SMILES string of the molecule is CC(C)c1nnc(Cl)n1CCc1ccc(Cl)cc1Cl. The zero-order chi connectivity index (χ0) is 14.0. The number of benzene rings is 1. The maximum Gasteiger partial charge on any atom is 0.225 e. The third-order valence-electron chi connectivity index (χ3n) is 2.87. The molecule has 0 atom stereocenters. The Morgan fingerprint density at radius 2 is 1.89 bits per heavy atom. The lowest BCUT2D eigenvalue weighted by atomic mass is 10.1. The van der Waals surface area contributed by atoms with Crippen molar-refractivity contribution in [2.75, 3.05) is 0 Å². The number of halogens is 3. The van der Waals surface area contributed by atoms with E-state index in [4.69, 9.17) is 34.8 Å². The fourth-order valence-electron chi connectivity index (χ4n) is 1.89. The van der Waals surface area contributed by atoms with Crippen molar-refractivity contribution in [2.24, 2.45) is 0 Å². The Morgan fingerprint density at radius 1 is 1.16 bits per heavy atom. The molecule has 0 unspecified atom stereocenters. The summed E-state index contributed by atoms with van der Waals surface area (Å²) >= 11 is 18.1. The van der Waals surface area contributed by atoms with Crippen molar-refractivity contribution in [3.8, 4) is 0 Å². The van der Waals surface area contributed by atoms with Gasteiger partial charge in [-0.2, -0.15) is 0 Å². The van der Waals surface area contributed by atoms with Gasteiger partial charge >= 0.3 is 0 Å². The summed E-state index contributed by atoms with van der Waals surface area (Å²) in [5.41, 5.74) is 1.03. The average molecular weight is 319 g/mol. The largest absolute Gasteiger partial charge is 0.301 e. The first kappa shape index (κ1) is 14.6. The van der Waals surface area contributed by atoms with Crippen LogP contribution in [0.5, 0.6) is 0 Å². The maximum absolute atomic E-state index is 6.15. The van der Waals surface area contributed by atoms with Gasteiger partial charge in [-0.05, 0) is 35.7 Å². The van der Waals surface area contributed by atoms with Gasteiger partial charge in [0.15, 0.2) is 0 Å². The monoisotopic (exact) mass is 317 g/mol. The van der Waals surface area contributed by atoms with Crippen LogP contribution in [0.15, 0.2) is 18.2 Å². The van der Waals surface area contributed by atoms with E-state index in [1.165, 1.54) is 0 Å². The van der Waals surface area contributed by atoms with Crippen molar-refractivity contribution in [2.45, 2.75) is 32.7 Å². The summed E-state index contributed by atoms with van der Waals surface area (Å²) in [4.78, 5) is 0. The van der Waals surface area contributed by atoms with Gasteiger partial charge in [0, 0.05) is 22.5 Å². The average Bonchev–Trinajstić information content (AvgIpc) is 2.70. The number of hydrogen-bond acceptors (Lipinski definition) is 2. The quantitative estimate of drug-likeness (QED) is 0.824. The molecule has 0 spiro atoms. The zero-order valence-corrected chi connectivity index (χ0v) is 13.0. The van der Waals surface area contributed by atoms with Gasteiger partial charge in [0.2, 0.25) is 5.28 Å². The first-order chi connectivity index (χ1) is 8.99. The molecule has 1 aromatic heterocycles. The molecule has 0 saturated carbocycles. The summed E-state index contributed by atoms with van der Waals surface area (Å²) in [5, 5.41) is 9.72. The number of aromatic nitrogens is 3. The lowest BCUT2D eigenvalue weighted by Gasteiger charge is -2.10. The molecule has 102 valence electrons. The molecular weight excluding hydrogens is 305 g/mol. The fraction of sp³-hybridized carbons (Fsp3) is 0.385. The Bertz CT molecular complexity index is 579. The zero-order valence-electron chi connectivity index (χ0n) is 10.7. The molecule has 0 saturated heterocycles. The standard InChI is InChI=1S/C13H14Cl3N3/c1-8(2)12-17-18-13(16)19(12)6-5-9-3-4-10(14)7-11(9)15/h3-4,7-8H,5-6H2,1-2H3. The number of hydrogen-bond donors (Lipinski definition) is 0. The fourth-order valence-corrected chi connectivity index (χ4v) is 2.60. The minimum absolute atomic E-state index is 0.278. The number of aryl methyl sites for hydroxylation is 1. The topological polar surface area (TPSA) is 30.7 Å². The van der Waals surface area contributed by atoms with Crippen molar-refractivity contribution < 1.29 is 0 Å². The molecule has 0 aliphatic heterocycles. The Balaban J connectivity index is 2.16. The maximum atomic E-state index is 6.15. The van der Waals surface area contributed by atoms with Crippen LogP contribution in [0.3, 0.4) is 0 Å². The second-order valence-electron chi connectivity index (χ2n) is 4.62. The number of rotatable bonds is 4. The highest BCUT2D eigenvalue weighted by Gasteiger charge is 2.13. The van der Waals surface area contributed by atoms with Crippen LogP contribution in [0.1, 0.15) is 31.2 Å². The summed E-state index contributed by atoms with van der Waals surface area (Å²) in [7, 11) is 0. The normalized spacial score (nSPS) is 11.3. The van der Waals surface area contributed by atoms with E-state index in [0.717, 1.165) is 17.8 Å². The summed E-state index contributed by atoms with van der Waals surface area (Å²) in [6.07, 6.45) is 0.757. The first-order valence-corrected chi connectivity index (χ1v) is 7.15. The summed E-state index contributed by atoms with van der Waals surface area (Å²) in [6.45, 7) is 4.82. The third kappa shape index (κ3) is 3.41. The summed E-state index contributed by atoms with van der Waals surface area (Å²) in [6, 6.07) is 5.51. The van der Waals surface area contributed by atoms with Crippen LogP contribution in [-0.4, -0.2) is 14.8 Å². The van der Waals surface area contributed by atoms with Crippen LogP contribution in [-0.2, 0) is 13.0 Å².